The van der Waals surface area contributed by atoms with Gasteiger partial charge in [-0.05, 0) is 42.3 Å². The Morgan fingerprint density at radius 3 is 2.23 bits per heavy atom. The maximum absolute atomic E-state index is 11.3. The van der Waals surface area contributed by atoms with Crippen LogP contribution in [0.25, 0.3) is 22.1 Å². The van der Waals surface area contributed by atoms with Crippen LogP contribution in [0.2, 0.25) is 0 Å². The number of aryl methyl sites for hydroxylation is 1. The van der Waals surface area contributed by atoms with Crippen LogP contribution < -0.4 is 0 Å². The van der Waals surface area contributed by atoms with Crippen molar-refractivity contribution >= 4 is 22.9 Å². The molecule has 1 heterocycles. The molecule has 0 fully saturated rings. The molecule has 0 saturated heterocycles. The van der Waals surface area contributed by atoms with Crippen LogP contribution >= 0.6 is 0 Å². The minimum atomic E-state index is -1.05. The molecular formula is C17H12O5. The number of benzene rings is 2. The van der Waals surface area contributed by atoms with E-state index in [9.17, 15) is 14.7 Å². The maximum atomic E-state index is 11.3. The summed E-state index contributed by atoms with van der Waals surface area (Å²) < 4.78 is 5.51. The summed E-state index contributed by atoms with van der Waals surface area (Å²) in [7, 11) is 0. The summed E-state index contributed by atoms with van der Waals surface area (Å²) in [6.45, 7) is 1.75. The van der Waals surface area contributed by atoms with Gasteiger partial charge in [0.05, 0.1) is 5.56 Å². The number of carboxylic acids is 2. The molecule has 0 spiro atoms. The molecule has 3 rings (SSSR count). The van der Waals surface area contributed by atoms with E-state index in [1.807, 2.05) is 0 Å². The predicted octanol–water partition coefficient (Wildman–Crippen LogP) is 3.80. The molecule has 0 aliphatic rings. The quantitative estimate of drug-likeness (QED) is 0.767. The van der Waals surface area contributed by atoms with Gasteiger partial charge in [-0.3, -0.25) is 0 Å². The van der Waals surface area contributed by atoms with Crippen LogP contribution in [0.1, 0.15) is 26.5 Å². The topological polar surface area (TPSA) is 87.7 Å². The smallest absolute Gasteiger partial charge is 0.339 e. The van der Waals surface area contributed by atoms with Crippen molar-refractivity contribution < 1.29 is 24.2 Å². The highest BCUT2D eigenvalue weighted by atomic mass is 16.4. The normalized spacial score (nSPS) is 10.8. The van der Waals surface area contributed by atoms with E-state index in [1.54, 1.807) is 31.2 Å². The van der Waals surface area contributed by atoms with E-state index in [0.717, 1.165) is 11.1 Å². The minimum Gasteiger partial charge on any atom is -0.478 e. The Kier molecular flexibility index (Phi) is 3.18. The fourth-order valence-electron chi connectivity index (χ4n) is 2.46. The van der Waals surface area contributed by atoms with Gasteiger partial charge < -0.3 is 14.6 Å². The van der Waals surface area contributed by atoms with Crippen LogP contribution in [-0.2, 0) is 0 Å². The molecule has 5 heteroatoms. The van der Waals surface area contributed by atoms with Crippen molar-refractivity contribution in [3.63, 3.8) is 0 Å². The van der Waals surface area contributed by atoms with E-state index in [4.69, 9.17) is 9.52 Å². The summed E-state index contributed by atoms with van der Waals surface area (Å²) in [5.74, 6) is -1.42. The molecule has 22 heavy (non-hydrogen) atoms. The van der Waals surface area contributed by atoms with Crippen molar-refractivity contribution in [2.45, 2.75) is 6.92 Å². The average molecular weight is 296 g/mol. The van der Waals surface area contributed by atoms with E-state index in [0.29, 0.717) is 16.7 Å². The van der Waals surface area contributed by atoms with Gasteiger partial charge in [0, 0.05) is 5.39 Å². The van der Waals surface area contributed by atoms with E-state index in [-0.39, 0.29) is 11.1 Å². The van der Waals surface area contributed by atoms with E-state index < -0.39 is 11.9 Å². The average Bonchev–Trinajstić information content (AvgIpc) is 2.87. The van der Waals surface area contributed by atoms with Crippen molar-refractivity contribution in [2.24, 2.45) is 0 Å². The first-order chi connectivity index (χ1) is 10.5. The third-order valence-corrected chi connectivity index (χ3v) is 3.48. The minimum absolute atomic E-state index is 0.106. The first-order valence-corrected chi connectivity index (χ1v) is 6.57. The standard InChI is InChI=1S/C17H12O5/c1-9-8-14-12(6-7-13(17(20)21)15(14)22-9)10-2-4-11(5-3-10)16(18)19/h2-8H,1H3,(H,18,19)(H,20,21). The Bertz CT molecular complexity index is 887. The van der Waals surface area contributed by atoms with Crippen molar-refractivity contribution in [1.82, 2.24) is 0 Å². The number of rotatable bonds is 3. The first-order valence-electron chi connectivity index (χ1n) is 6.57. The molecular weight excluding hydrogens is 284 g/mol. The van der Waals surface area contributed by atoms with Crippen molar-refractivity contribution in [3.8, 4) is 11.1 Å². The Labute approximate surface area is 125 Å². The molecule has 1 aromatic heterocycles. The summed E-state index contributed by atoms with van der Waals surface area (Å²) in [6.07, 6.45) is 0. The van der Waals surface area contributed by atoms with Gasteiger partial charge in [0.15, 0.2) is 0 Å². The monoisotopic (exact) mass is 296 g/mol. The third kappa shape index (κ3) is 2.22. The van der Waals surface area contributed by atoms with Crippen LogP contribution in [0.5, 0.6) is 0 Å². The number of carboxylic acid groups (broad SMARTS) is 2. The van der Waals surface area contributed by atoms with E-state index in [1.165, 1.54) is 18.2 Å². The molecule has 0 radical (unpaired) electrons. The molecule has 0 atom stereocenters. The lowest BCUT2D eigenvalue weighted by Crippen LogP contribution is -1.97. The lowest BCUT2D eigenvalue weighted by molar-refractivity contribution is 0.0686. The van der Waals surface area contributed by atoms with Gasteiger partial charge in [0.25, 0.3) is 0 Å². The van der Waals surface area contributed by atoms with Crippen molar-refractivity contribution in [3.05, 3.63) is 59.4 Å². The summed E-state index contributed by atoms with van der Waals surface area (Å²) in [6, 6.07) is 11.4. The molecule has 0 saturated carbocycles. The predicted molar refractivity (Wildman–Crippen MR) is 80.3 cm³/mol. The summed E-state index contributed by atoms with van der Waals surface area (Å²) in [4.78, 5) is 22.2. The summed E-state index contributed by atoms with van der Waals surface area (Å²) in [5, 5.41) is 18.9. The van der Waals surface area contributed by atoms with Gasteiger partial charge in [0.1, 0.15) is 16.9 Å². The highest BCUT2D eigenvalue weighted by Gasteiger charge is 2.16. The highest BCUT2D eigenvalue weighted by Crippen LogP contribution is 2.33. The second kappa shape index (κ2) is 5.04. The number of furan rings is 1. The van der Waals surface area contributed by atoms with Gasteiger partial charge in [-0.25, -0.2) is 9.59 Å². The van der Waals surface area contributed by atoms with Gasteiger partial charge >= 0.3 is 11.9 Å². The van der Waals surface area contributed by atoms with Gasteiger partial charge in [-0.15, -0.1) is 0 Å². The fraction of sp³-hybridized carbons (Fsp3) is 0.0588. The summed E-state index contributed by atoms with van der Waals surface area (Å²) in [5.41, 5.74) is 2.23. The van der Waals surface area contributed by atoms with Crippen LogP contribution in [0.4, 0.5) is 0 Å². The lowest BCUT2D eigenvalue weighted by Gasteiger charge is -2.05. The fourth-order valence-corrected chi connectivity index (χ4v) is 2.46. The highest BCUT2D eigenvalue weighted by molar-refractivity contribution is 6.06. The first kappa shape index (κ1) is 13.9. The second-order valence-corrected chi connectivity index (χ2v) is 4.95. The molecule has 3 aromatic rings. The third-order valence-electron chi connectivity index (χ3n) is 3.48. The van der Waals surface area contributed by atoms with E-state index >= 15 is 0 Å². The zero-order valence-corrected chi connectivity index (χ0v) is 11.7. The molecule has 0 amide bonds. The number of fused-ring (bicyclic) bond motifs is 1. The van der Waals surface area contributed by atoms with Crippen molar-refractivity contribution in [2.75, 3.05) is 0 Å². The SMILES string of the molecule is Cc1cc2c(-c3ccc(C(=O)O)cc3)ccc(C(=O)O)c2o1. The second-order valence-electron chi connectivity index (χ2n) is 4.95. The number of hydrogen-bond acceptors (Lipinski definition) is 3. The number of carbonyl (C=O) groups is 2. The number of hydrogen-bond donors (Lipinski definition) is 2. The Morgan fingerprint density at radius 2 is 1.64 bits per heavy atom. The van der Waals surface area contributed by atoms with Gasteiger partial charge in [0.2, 0.25) is 0 Å². The van der Waals surface area contributed by atoms with Crippen LogP contribution in [0, 0.1) is 6.92 Å². The number of aromatic carboxylic acids is 2. The molecule has 0 bridgehead atoms. The molecule has 0 unspecified atom stereocenters. The van der Waals surface area contributed by atoms with Gasteiger partial charge in [-0.1, -0.05) is 18.2 Å². The zero-order valence-electron chi connectivity index (χ0n) is 11.7. The lowest BCUT2D eigenvalue weighted by atomic mass is 9.98. The van der Waals surface area contributed by atoms with Gasteiger partial charge in [-0.2, -0.15) is 0 Å². The van der Waals surface area contributed by atoms with Crippen LogP contribution in [0.15, 0.2) is 46.9 Å². The van der Waals surface area contributed by atoms with Crippen LogP contribution in [0.3, 0.4) is 0 Å². The molecule has 0 aliphatic heterocycles. The summed E-state index contributed by atoms with van der Waals surface area (Å²) >= 11 is 0. The maximum Gasteiger partial charge on any atom is 0.339 e. The molecule has 0 aliphatic carbocycles. The largest absolute Gasteiger partial charge is 0.478 e. The molecule has 2 aromatic carbocycles. The molecule has 110 valence electrons. The van der Waals surface area contributed by atoms with Crippen LogP contribution in [-0.4, -0.2) is 22.2 Å². The molecule has 5 nitrogen and oxygen atoms in total. The zero-order chi connectivity index (χ0) is 15.9. The molecule has 2 N–H and O–H groups in total. The Balaban J connectivity index is 2.21. The Hall–Kier alpha value is -3.08. The van der Waals surface area contributed by atoms with Crippen molar-refractivity contribution in [1.29, 1.82) is 0 Å². The van der Waals surface area contributed by atoms with E-state index in [2.05, 4.69) is 0 Å². The Morgan fingerprint density at radius 1 is 0.955 bits per heavy atom.